The van der Waals surface area contributed by atoms with Crippen LogP contribution < -0.4 is 15.2 Å². The van der Waals surface area contributed by atoms with Gasteiger partial charge in [-0.25, -0.2) is 13.1 Å². The third-order valence-corrected chi connectivity index (χ3v) is 4.08. The summed E-state index contributed by atoms with van der Waals surface area (Å²) in [4.78, 5) is 0.0327. The first-order valence-corrected chi connectivity index (χ1v) is 8.02. The molecule has 0 bridgehead atoms. The van der Waals surface area contributed by atoms with Crippen molar-refractivity contribution in [2.45, 2.75) is 11.3 Å². The van der Waals surface area contributed by atoms with Crippen molar-refractivity contribution in [3.63, 3.8) is 0 Å². The van der Waals surface area contributed by atoms with Crippen LogP contribution >= 0.6 is 0 Å². The maximum absolute atomic E-state index is 11.9. The number of nitrogens with one attached hydrogen (secondary N) is 1. The highest BCUT2D eigenvalue weighted by Crippen LogP contribution is 2.26. The van der Waals surface area contributed by atoms with Crippen LogP contribution in [0, 0.1) is 0 Å². The first-order valence-electron chi connectivity index (χ1n) is 6.54. The van der Waals surface area contributed by atoms with Crippen LogP contribution in [0.3, 0.4) is 0 Å². The average molecular weight is 318 g/mol. The minimum Gasteiger partial charge on any atom is -0.492 e. The first-order chi connectivity index (χ1) is 10.0. The van der Waals surface area contributed by atoms with E-state index in [1.54, 1.807) is 19.2 Å². The third kappa shape index (κ3) is 5.88. The molecule has 0 aliphatic rings. The molecule has 0 amide bonds. The number of sulfonamides is 1. The van der Waals surface area contributed by atoms with E-state index in [0.717, 1.165) is 0 Å². The maximum atomic E-state index is 11.9. The van der Waals surface area contributed by atoms with Crippen molar-refractivity contribution in [1.82, 2.24) is 4.72 Å². The van der Waals surface area contributed by atoms with Gasteiger partial charge in [0.1, 0.15) is 10.6 Å². The van der Waals surface area contributed by atoms with Gasteiger partial charge in [0.05, 0.1) is 19.8 Å². The number of benzene rings is 1. The Morgan fingerprint density at radius 3 is 2.62 bits per heavy atom. The monoisotopic (exact) mass is 318 g/mol. The van der Waals surface area contributed by atoms with E-state index < -0.39 is 10.0 Å². The molecule has 120 valence electrons. The van der Waals surface area contributed by atoms with Gasteiger partial charge >= 0.3 is 0 Å². The highest BCUT2D eigenvalue weighted by Gasteiger charge is 2.18. The van der Waals surface area contributed by atoms with Gasteiger partial charge in [-0.15, -0.1) is 0 Å². The van der Waals surface area contributed by atoms with Crippen LogP contribution in [0.25, 0.3) is 0 Å². The molecule has 7 nitrogen and oxygen atoms in total. The molecule has 3 N–H and O–H groups in total. The Morgan fingerprint density at radius 1 is 1.19 bits per heavy atom. The zero-order valence-corrected chi connectivity index (χ0v) is 13.1. The minimum absolute atomic E-state index is 0.0327. The molecule has 0 saturated carbocycles. The zero-order chi connectivity index (χ0) is 15.7. The predicted octanol–water partition coefficient (Wildman–Crippen LogP) is 0.609. The normalized spacial score (nSPS) is 11.5. The van der Waals surface area contributed by atoms with Crippen LogP contribution in [0.1, 0.15) is 6.42 Å². The van der Waals surface area contributed by atoms with Gasteiger partial charge in [-0.3, -0.25) is 0 Å². The fourth-order valence-electron chi connectivity index (χ4n) is 1.55. The summed E-state index contributed by atoms with van der Waals surface area (Å²) in [5.41, 5.74) is 5.98. The van der Waals surface area contributed by atoms with Gasteiger partial charge in [0, 0.05) is 25.8 Å². The fraction of sp³-hybridized carbons (Fsp3) is 0.538. The number of ether oxygens (including phenoxy) is 3. The van der Waals surface area contributed by atoms with E-state index in [1.807, 2.05) is 0 Å². The van der Waals surface area contributed by atoms with Crippen LogP contribution in [-0.4, -0.2) is 49.0 Å². The molecular formula is C13H22N2O5S. The smallest absolute Gasteiger partial charge is 0.244 e. The standard InChI is InChI=1S/C13H22N2O5S/c1-15-21(16,17)13-10-11(14)4-5-12(13)20-7-3-6-19-9-8-18-2/h4-5,10,15H,3,6-9,14H2,1-2H3. The first kappa shape index (κ1) is 17.7. The summed E-state index contributed by atoms with van der Waals surface area (Å²) in [7, 11) is -0.661. The van der Waals surface area contributed by atoms with Crippen molar-refractivity contribution in [2.24, 2.45) is 0 Å². The van der Waals surface area contributed by atoms with Crippen molar-refractivity contribution in [3.8, 4) is 5.75 Å². The Kier molecular flexibility index (Phi) is 7.44. The van der Waals surface area contributed by atoms with E-state index in [0.29, 0.717) is 38.5 Å². The summed E-state index contributed by atoms with van der Waals surface area (Å²) in [6, 6.07) is 4.51. The molecule has 1 rings (SSSR count). The van der Waals surface area contributed by atoms with E-state index >= 15 is 0 Å². The number of anilines is 1. The molecule has 0 spiro atoms. The van der Waals surface area contributed by atoms with Gasteiger partial charge in [0.25, 0.3) is 0 Å². The second-order valence-corrected chi connectivity index (χ2v) is 6.08. The van der Waals surface area contributed by atoms with Gasteiger partial charge in [-0.05, 0) is 25.2 Å². The summed E-state index contributed by atoms with van der Waals surface area (Å²) in [6.45, 7) is 1.94. The highest BCUT2D eigenvalue weighted by atomic mass is 32.2. The Labute approximate surface area is 125 Å². The summed E-state index contributed by atoms with van der Waals surface area (Å²) in [6.07, 6.45) is 0.646. The van der Waals surface area contributed by atoms with Crippen LogP contribution in [0.2, 0.25) is 0 Å². The Balaban J connectivity index is 2.55. The SMILES string of the molecule is CNS(=O)(=O)c1cc(N)ccc1OCCCOCCOC. The van der Waals surface area contributed by atoms with E-state index in [1.165, 1.54) is 13.1 Å². The Bertz CT molecular complexity index is 533. The van der Waals surface area contributed by atoms with Gasteiger partial charge in [0.2, 0.25) is 10.0 Å². The van der Waals surface area contributed by atoms with E-state index in [2.05, 4.69) is 4.72 Å². The Hall–Kier alpha value is -1.35. The second kappa shape index (κ2) is 8.83. The fourth-order valence-corrected chi connectivity index (χ4v) is 2.45. The molecular weight excluding hydrogens is 296 g/mol. The van der Waals surface area contributed by atoms with Crippen LogP contribution in [-0.2, 0) is 19.5 Å². The second-order valence-electron chi connectivity index (χ2n) is 4.22. The third-order valence-electron chi connectivity index (χ3n) is 2.65. The number of methoxy groups -OCH3 is 1. The largest absolute Gasteiger partial charge is 0.492 e. The molecule has 0 aliphatic carbocycles. The number of hydrogen-bond donors (Lipinski definition) is 2. The van der Waals surface area contributed by atoms with Crippen LogP contribution in [0.4, 0.5) is 5.69 Å². The van der Waals surface area contributed by atoms with Gasteiger partial charge in [-0.1, -0.05) is 0 Å². The Morgan fingerprint density at radius 2 is 1.95 bits per heavy atom. The van der Waals surface area contributed by atoms with Crippen LogP contribution in [0.15, 0.2) is 23.1 Å². The predicted molar refractivity (Wildman–Crippen MR) is 79.9 cm³/mol. The maximum Gasteiger partial charge on any atom is 0.244 e. The van der Waals surface area contributed by atoms with Crippen molar-refractivity contribution in [1.29, 1.82) is 0 Å². The lowest BCUT2D eigenvalue weighted by Crippen LogP contribution is -2.20. The summed E-state index contributed by atoms with van der Waals surface area (Å²) >= 11 is 0. The molecule has 0 aromatic heterocycles. The molecule has 0 saturated heterocycles. The molecule has 1 aromatic carbocycles. The van der Waals surface area contributed by atoms with E-state index in [-0.39, 0.29) is 10.6 Å². The molecule has 0 unspecified atom stereocenters. The lowest BCUT2D eigenvalue weighted by atomic mass is 10.3. The summed E-state index contributed by atoms with van der Waals surface area (Å²) < 4.78 is 41.7. The van der Waals surface area contributed by atoms with Gasteiger partial charge < -0.3 is 19.9 Å². The molecule has 0 atom stereocenters. The lowest BCUT2D eigenvalue weighted by Gasteiger charge is -2.12. The van der Waals surface area contributed by atoms with E-state index in [9.17, 15) is 8.42 Å². The average Bonchev–Trinajstić information content (AvgIpc) is 2.47. The lowest BCUT2D eigenvalue weighted by molar-refractivity contribution is 0.0643. The topological polar surface area (TPSA) is 99.9 Å². The molecule has 1 aromatic rings. The molecule has 0 fully saturated rings. The van der Waals surface area contributed by atoms with Gasteiger partial charge in [-0.2, -0.15) is 0 Å². The number of nitrogens with two attached hydrogens (primary N) is 1. The number of nitrogen functional groups attached to an aromatic ring is 1. The number of rotatable bonds is 10. The highest BCUT2D eigenvalue weighted by molar-refractivity contribution is 7.89. The molecule has 0 aliphatic heterocycles. The van der Waals surface area contributed by atoms with Crippen molar-refractivity contribution >= 4 is 15.7 Å². The van der Waals surface area contributed by atoms with Crippen molar-refractivity contribution in [3.05, 3.63) is 18.2 Å². The number of hydrogen-bond acceptors (Lipinski definition) is 6. The van der Waals surface area contributed by atoms with Crippen LogP contribution in [0.5, 0.6) is 5.75 Å². The minimum atomic E-state index is -3.61. The summed E-state index contributed by atoms with van der Waals surface area (Å²) in [5.74, 6) is 0.274. The quantitative estimate of drug-likeness (QED) is 0.484. The summed E-state index contributed by atoms with van der Waals surface area (Å²) in [5, 5.41) is 0. The molecule has 0 radical (unpaired) electrons. The van der Waals surface area contributed by atoms with E-state index in [4.69, 9.17) is 19.9 Å². The van der Waals surface area contributed by atoms with Crippen molar-refractivity contribution < 1.29 is 22.6 Å². The van der Waals surface area contributed by atoms with Gasteiger partial charge in [0.15, 0.2) is 0 Å². The zero-order valence-electron chi connectivity index (χ0n) is 12.3. The van der Waals surface area contributed by atoms with Crippen molar-refractivity contribution in [2.75, 3.05) is 46.3 Å². The molecule has 0 heterocycles. The molecule has 8 heteroatoms. The molecule has 21 heavy (non-hydrogen) atoms.